The highest BCUT2D eigenvalue weighted by Crippen LogP contribution is 2.39. The lowest BCUT2D eigenvalue weighted by atomic mass is 9.95. The number of anilines is 1. The van der Waals surface area contributed by atoms with Crippen LogP contribution in [0, 0.1) is 0 Å². The Morgan fingerprint density at radius 2 is 1.81 bits per heavy atom. The second-order valence-electron chi connectivity index (χ2n) is 9.35. The molecule has 1 aliphatic carbocycles. The highest BCUT2D eigenvalue weighted by Gasteiger charge is 2.28. The Labute approximate surface area is 220 Å². The van der Waals surface area contributed by atoms with Crippen molar-refractivity contribution in [3.05, 3.63) is 76.2 Å². The molecule has 0 fully saturated rings. The van der Waals surface area contributed by atoms with Crippen molar-refractivity contribution in [3.63, 3.8) is 0 Å². The molecule has 2 aromatic carbocycles. The zero-order valence-electron chi connectivity index (χ0n) is 21.3. The Morgan fingerprint density at radius 1 is 1.05 bits per heavy atom. The van der Waals surface area contributed by atoms with E-state index in [9.17, 15) is 9.59 Å². The van der Waals surface area contributed by atoms with E-state index in [-0.39, 0.29) is 18.0 Å². The van der Waals surface area contributed by atoms with Gasteiger partial charge in [0.2, 0.25) is 0 Å². The van der Waals surface area contributed by atoms with Crippen LogP contribution in [0.2, 0.25) is 0 Å². The van der Waals surface area contributed by atoms with Crippen LogP contribution in [0.5, 0.6) is 5.75 Å². The van der Waals surface area contributed by atoms with Crippen molar-refractivity contribution in [1.29, 1.82) is 0 Å². The van der Waals surface area contributed by atoms with Crippen LogP contribution < -0.4 is 10.1 Å². The Kier molecular flexibility index (Phi) is 7.24. The van der Waals surface area contributed by atoms with Crippen LogP contribution in [0.3, 0.4) is 0 Å². The highest BCUT2D eigenvalue weighted by molar-refractivity contribution is 7.17. The number of aromatic nitrogens is 1. The molecule has 0 bridgehead atoms. The zero-order valence-corrected chi connectivity index (χ0v) is 22.1. The maximum Gasteiger partial charge on any atom is 0.341 e. The van der Waals surface area contributed by atoms with Crippen molar-refractivity contribution < 1.29 is 19.1 Å². The van der Waals surface area contributed by atoms with E-state index in [2.05, 4.69) is 5.32 Å². The third-order valence-electron chi connectivity index (χ3n) is 6.37. The van der Waals surface area contributed by atoms with Gasteiger partial charge in [-0.3, -0.25) is 4.79 Å². The molecule has 5 rings (SSSR count). The highest BCUT2D eigenvalue weighted by atomic mass is 32.1. The summed E-state index contributed by atoms with van der Waals surface area (Å²) < 4.78 is 11.1. The Balaban J connectivity index is 1.54. The number of carbonyl (C=O) groups is 2. The average Bonchev–Trinajstić information content (AvgIpc) is 3.26. The van der Waals surface area contributed by atoms with E-state index >= 15 is 0 Å². The molecule has 6 nitrogen and oxygen atoms in total. The summed E-state index contributed by atoms with van der Waals surface area (Å²) in [5, 5.41) is 4.38. The van der Waals surface area contributed by atoms with Crippen molar-refractivity contribution >= 4 is 39.1 Å². The molecule has 190 valence electrons. The van der Waals surface area contributed by atoms with E-state index in [4.69, 9.17) is 14.5 Å². The van der Waals surface area contributed by atoms with Crippen LogP contribution in [-0.2, 0) is 17.6 Å². The van der Waals surface area contributed by atoms with Gasteiger partial charge < -0.3 is 14.8 Å². The summed E-state index contributed by atoms with van der Waals surface area (Å²) in [7, 11) is 0. The lowest BCUT2D eigenvalue weighted by Crippen LogP contribution is -2.18. The van der Waals surface area contributed by atoms with E-state index in [0.717, 1.165) is 58.3 Å². The van der Waals surface area contributed by atoms with Gasteiger partial charge in [0, 0.05) is 15.8 Å². The summed E-state index contributed by atoms with van der Waals surface area (Å²) in [5.41, 5.74) is 4.33. The van der Waals surface area contributed by atoms with Gasteiger partial charge in [0.1, 0.15) is 10.8 Å². The number of aryl methyl sites for hydroxylation is 1. The first kappa shape index (κ1) is 25.0. The Bertz CT molecular complexity index is 1460. The fourth-order valence-electron chi connectivity index (χ4n) is 4.71. The number of nitrogens with zero attached hydrogens (tertiary/aromatic N) is 1. The third kappa shape index (κ3) is 5.23. The maximum atomic E-state index is 13.8. The minimum Gasteiger partial charge on any atom is -0.494 e. The van der Waals surface area contributed by atoms with Gasteiger partial charge in [0.15, 0.2) is 0 Å². The van der Waals surface area contributed by atoms with Gasteiger partial charge in [0.05, 0.1) is 35.0 Å². The molecule has 0 spiro atoms. The number of para-hydroxylation sites is 1. The Hall–Kier alpha value is -3.71. The molecule has 0 saturated carbocycles. The summed E-state index contributed by atoms with van der Waals surface area (Å²) in [6, 6.07) is 17.1. The number of fused-ring (bicyclic) bond motifs is 2. The molecular formula is C30H30N2O4S. The molecule has 2 aromatic heterocycles. The summed E-state index contributed by atoms with van der Waals surface area (Å²) in [6.07, 6.45) is 3.61. The molecule has 4 aromatic rings. The quantitative estimate of drug-likeness (QED) is 0.267. The number of hydrogen-bond acceptors (Lipinski definition) is 6. The van der Waals surface area contributed by atoms with Crippen LogP contribution in [0.1, 0.15) is 64.8 Å². The molecule has 1 N–H and O–H groups in total. The van der Waals surface area contributed by atoms with Crippen molar-refractivity contribution in [1.82, 2.24) is 4.98 Å². The lowest BCUT2D eigenvalue weighted by molar-refractivity contribution is 0.0378. The minimum atomic E-state index is -0.376. The summed E-state index contributed by atoms with van der Waals surface area (Å²) in [4.78, 5) is 32.8. The second-order valence-corrected chi connectivity index (χ2v) is 10.5. The molecule has 7 heteroatoms. The monoisotopic (exact) mass is 514 g/mol. The third-order valence-corrected chi connectivity index (χ3v) is 7.57. The zero-order chi connectivity index (χ0) is 25.9. The van der Waals surface area contributed by atoms with Gasteiger partial charge in [-0.15, -0.1) is 11.3 Å². The number of nitrogens with one attached hydrogen (secondary N) is 1. The van der Waals surface area contributed by atoms with Gasteiger partial charge in [-0.25, -0.2) is 9.78 Å². The molecule has 0 radical (unpaired) electrons. The van der Waals surface area contributed by atoms with Gasteiger partial charge >= 0.3 is 5.97 Å². The van der Waals surface area contributed by atoms with Gasteiger partial charge in [-0.2, -0.15) is 0 Å². The van der Waals surface area contributed by atoms with E-state index in [1.807, 2.05) is 75.4 Å². The molecule has 1 aliphatic rings. The maximum absolute atomic E-state index is 13.8. The first-order valence-electron chi connectivity index (χ1n) is 12.7. The summed E-state index contributed by atoms with van der Waals surface area (Å²) in [6.45, 7) is 6.21. The van der Waals surface area contributed by atoms with E-state index in [1.165, 1.54) is 11.3 Å². The number of ether oxygens (including phenoxy) is 2. The van der Waals surface area contributed by atoms with Crippen molar-refractivity contribution in [2.45, 2.75) is 52.6 Å². The molecular weight excluding hydrogens is 484 g/mol. The second kappa shape index (κ2) is 10.7. The number of hydrogen-bond donors (Lipinski definition) is 1. The average molecular weight is 515 g/mol. The fraction of sp³-hybridized carbons (Fsp3) is 0.300. The summed E-state index contributed by atoms with van der Waals surface area (Å²) >= 11 is 1.49. The van der Waals surface area contributed by atoms with E-state index in [0.29, 0.717) is 28.4 Å². The molecule has 0 atom stereocenters. The minimum absolute atomic E-state index is 0.240. The molecule has 37 heavy (non-hydrogen) atoms. The van der Waals surface area contributed by atoms with Gasteiger partial charge in [0.25, 0.3) is 5.91 Å². The van der Waals surface area contributed by atoms with Crippen molar-refractivity contribution in [3.8, 4) is 17.0 Å². The number of rotatable bonds is 7. The predicted molar refractivity (Wildman–Crippen MR) is 148 cm³/mol. The Morgan fingerprint density at radius 3 is 2.57 bits per heavy atom. The van der Waals surface area contributed by atoms with Crippen LogP contribution in [-0.4, -0.2) is 29.6 Å². The number of carbonyl (C=O) groups excluding carboxylic acids is 2. The van der Waals surface area contributed by atoms with Gasteiger partial charge in [-0.05, 0) is 88.4 Å². The number of thiophene rings is 1. The molecule has 0 saturated heterocycles. The fourth-order valence-corrected chi connectivity index (χ4v) is 5.99. The molecule has 0 aliphatic heterocycles. The normalized spacial score (nSPS) is 12.9. The SMILES string of the molecule is CCOc1ccc(-c2cc(C(=O)Nc3sc4c(c3C(=O)OC(C)C)CCCC4)c3ccccc3n2)cc1. The lowest BCUT2D eigenvalue weighted by Gasteiger charge is -2.14. The van der Waals surface area contributed by atoms with Crippen LogP contribution in [0.25, 0.3) is 22.2 Å². The largest absolute Gasteiger partial charge is 0.494 e. The number of benzene rings is 2. The van der Waals surface area contributed by atoms with Crippen LogP contribution in [0.15, 0.2) is 54.6 Å². The van der Waals surface area contributed by atoms with Crippen LogP contribution >= 0.6 is 11.3 Å². The molecule has 1 amide bonds. The first-order chi connectivity index (χ1) is 17.9. The molecule has 0 unspecified atom stereocenters. The predicted octanol–water partition coefficient (Wildman–Crippen LogP) is 7.06. The standard InChI is InChI=1S/C30H30N2O4S/c1-4-35-20-15-13-19(14-16-20)25-17-23(21-9-5-7-11-24(21)31-25)28(33)32-29-27(30(34)36-18(2)3)22-10-6-8-12-26(22)37-29/h5,7,9,11,13-18H,4,6,8,10,12H2,1-3H3,(H,32,33). The summed E-state index contributed by atoms with van der Waals surface area (Å²) in [5.74, 6) is 0.134. The van der Waals surface area contributed by atoms with Crippen molar-refractivity contribution in [2.24, 2.45) is 0 Å². The topological polar surface area (TPSA) is 77.5 Å². The molecule has 2 heterocycles. The van der Waals surface area contributed by atoms with E-state index < -0.39 is 0 Å². The van der Waals surface area contributed by atoms with E-state index in [1.54, 1.807) is 0 Å². The van der Waals surface area contributed by atoms with Crippen molar-refractivity contribution in [2.75, 3.05) is 11.9 Å². The number of esters is 1. The first-order valence-corrected chi connectivity index (χ1v) is 13.6. The number of pyridine rings is 1. The van der Waals surface area contributed by atoms with Gasteiger partial charge in [-0.1, -0.05) is 18.2 Å². The van der Waals surface area contributed by atoms with Crippen LogP contribution in [0.4, 0.5) is 5.00 Å². The number of amides is 1. The smallest absolute Gasteiger partial charge is 0.341 e.